The van der Waals surface area contributed by atoms with E-state index in [2.05, 4.69) is 9.97 Å². The number of fused-ring (bicyclic) bond motifs is 3. The number of aliphatic carboxylic acids is 1. The molecule has 9 nitrogen and oxygen atoms in total. The molecule has 4 heterocycles. The lowest BCUT2D eigenvalue weighted by atomic mass is 9.76. The van der Waals surface area contributed by atoms with Crippen LogP contribution in [-0.4, -0.2) is 50.5 Å². The molecule has 1 N–H and O–H groups in total. The van der Waals surface area contributed by atoms with E-state index in [9.17, 15) is 19.1 Å². The first-order valence-corrected chi connectivity index (χ1v) is 11.9. The third-order valence-electron chi connectivity index (χ3n) is 7.21. The molecule has 1 aliphatic rings. The smallest absolute Gasteiger partial charge is 0.333 e. The molecule has 1 fully saturated rings. The van der Waals surface area contributed by atoms with E-state index in [4.69, 9.17) is 9.47 Å². The van der Waals surface area contributed by atoms with Gasteiger partial charge in [0.25, 0.3) is 0 Å². The fourth-order valence-electron chi connectivity index (χ4n) is 5.12. The maximum Gasteiger partial charge on any atom is 0.333 e. The summed E-state index contributed by atoms with van der Waals surface area (Å²) in [7, 11) is 3.10. The lowest BCUT2D eigenvalue weighted by Crippen LogP contribution is -2.48. The molecule has 1 saturated heterocycles. The van der Waals surface area contributed by atoms with Gasteiger partial charge in [-0.05, 0) is 41.5 Å². The Hall–Kier alpha value is -4.57. The monoisotopic (exact) mass is 514 g/mol. The van der Waals surface area contributed by atoms with E-state index in [1.54, 1.807) is 60.3 Å². The minimum Gasteiger partial charge on any atom is -0.481 e. The molecule has 0 bridgehead atoms. The van der Waals surface area contributed by atoms with E-state index >= 15 is 0 Å². The average Bonchev–Trinajstić information content (AvgIpc) is 3.16. The van der Waals surface area contributed by atoms with Gasteiger partial charge in [0.15, 0.2) is 0 Å². The van der Waals surface area contributed by atoms with Crippen molar-refractivity contribution in [3.8, 4) is 22.7 Å². The largest absolute Gasteiger partial charge is 0.481 e. The maximum atomic E-state index is 14.8. The molecule has 0 saturated carbocycles. The SMILES string of the molecule is COc1ccc(-c2ccc3ncc4c(c3c2)n(-c2ccc(C3(CC(=O)O)COC3)cc2)c(=O)n4C)c(F)n1. The quantitative estimate of drug-likeness (QED) is 0.343. The van der Waals surface area contributed by atoms with Crippen LogP contribution in [0.2, 0.25) is 0 Å². The molecule has 3 aromatic heterocycles. The van der Waals surface area contributed by atoms with Crippen LogP contribution in [0, 0.1) is 5.95 Å². The van der Waals surface area contributed by atoms with Gasteiger partial charge >= 0.3 is 11.7 Å². The fraction of sp³-hybridized carbons (Fsp3) is 0.214. The van der Waals surface area contributed by atoms with Gasteiger partial charge in [0.1, 0.15) is 0 Å². The van der Waals surface area contributed by atoms with Gasteiger partial charge in [0, 0.05) is 24.1 Å². The molecule has 10 heteroatoms. The number of imidazole rings is 1. The number of rotatable bonds is 6. The third-order valence-corrected chi connectivity index (χ3v) is 7.21. The summed E-state index contributed by atoms with van der Waals surface area (Å²) in [6.45, 7) is 0.672. The summed E-state index contributed by atoms with van der Waals surface area (Å²) in [5, 5.41) is 10.0. The molecular weight excluding hydrogens is 491 g/mol. The number of pyridine rings is 2. The summed E-state index contributed by atoms with van der Waals surface area (Å²) < 4.78 is 28.3. The van der Waals surface area contributed by atoms with E-state index < -0.39 is 17.3 Å². The first-order valence-electron chi connectivity index (χ1n) is 11.9. The first-order chi connectivity index (χ1) is 18.3. The van der Waals surface area contributed by atoms with Crippen molar-refractivity contribution >= 4 is 27.9 Å². The summed E-state index contributed by atoms with van der Waals surface area (Å²) in [6, 6.07) is 15.8. The van der Waals surface area contributed by atoms with Crippen LogP contribution < -0.4 is 10.4 Å². The van der Waals surface area contributed by atoms with E-state index in [1.807, 2.05) is 12.1 Å². The summed E-state index contributed by atoms with van der Waals surface area (Å²) >= 11 is 0. The number of nitrogens with zero attached hydrogens (tertiary/aromatic N) is 4. The number of benzene rings is 2. The van der Waals surface area contributed by atoms with Crippen molar-refractivity contribution in [1.82, 2.24) is 19.1 Å². The molecule has 38 heavy (non-hydrogen) atoms. The van der Waals surface area contributed by atoms with Crippen LogP contribution in [-0.2, 0) is 22.0 Å². The van der Waals surface area contributed by atoms with Crippen LogP contribution >= 0.6 is 0 Å². The molecule has 192 valence electrons. The van der Waals surface area contributed by atoms with Gasteiger partial charge in [-0.15, -0.1) is 0 Å². The number of carboxylic acids is 1. The molecule has 1 aliphatic heterocycles. The molecule has 5 aromatic rings. The molecule has 0 aliphatic carbocycles. The molecule has 0 spiro atoms. The Labute approximate surface area is 215 Å². The molecule has 0 unspecified atom stereocenters. The summed E-state index contributed by atoms with van der Waals surface area (Å²) in [5.41, 5.74) is 3.39. The Morgan fingerprint density at radius 2 is 1.92 bits per heavy atom. The van der Waals surface area contributed by atoms with E-state index in [0.29, 0.717) is 52.0 Å². The Bertz CT molecular complexity index is 1790. The summed E-state index contributed by atoms with van der Waals surface area (Å²) in [5.74, 6) is -1.38. The number of hydrogen-bond donors (Lipinski definition) is 1. The van der Waals surface area contributed by atoms with Crippen molar-refractivity contribution < 1.29 is 23.8 Å². The Morgan fingerprint density at radius 1 is 1.16 bits per heavy atom. The molecule has 0 radical (unpaired) electrons. The molecular formula is C28H23FN4O5. The van der Waals surface area contributed by atoms with Crippen molar-refractivity contribution in [2.75, 3.05) is 20.3 Å². The highest BCUT2D eigenvalue weighted by molar-refractivity contribution is 6.04. The zero-order valence-electron chi connectivity index (χ0n) is 20.6. The number of methoxy groups -OCH3 is 1. The second-order valence-electron chi connectivity index (χ2n) is 9.48. The number of carbonyl (C=O) groups is 1. The standard InChI is InChI=1S/C28H23FN4O5/c1-32-22-13-30-21-9-3-16(19-8-10-23(37-2)31-26(19)29)11-20(21)25(22)33(27(32)36)18-6-4-17(5-7-18)28(12-24(34)35)14-38-15-28/h3-11,13H,12,14-15H2,1-2H3,(H,34,35). The minimum atomic E-state index is -0.888. The van der Waals surface area contributed by atoms with Crippen molar-refractivity contribution in [1.29, 1.82) is 0 Å². The number of hydrogen-bond acceptors (Lipinski definition) is 6. The lowest BCUT2D eigenvalue weighted by molar-refractivity contribution is -0.145. The van der Waals surface area contributed by atoms with Crippen LogP contribution in [0.4, 0.5) is 4.39 Å². The number of aromatic nitrogens is 4. The van der Waals surface area contributed by atoms with Crippen LogP contribution in [0.1, 0.15) is 12.0 Å². The summed E-state index contributed by atoms with van der Waals surface area (Å²) in [4.78, 5) is 33.2. The normalized spacial score (nSPS) is 14.5. The lowest BCUT2D eigenvalue weighted by Gasteiger charge is -2.40. The number of aryl methyl sites for hydroxylation is 1. The molecule has 2 aromatic carbocycles. The fourth-order valence-corrected chi connectivity index (χ4v) is 5.12. The van der Waals surface area contributed by atoms with E-state index in [1.165, 1.54) is 11.7 Å². The predicted molar refractivity (Wildman–Crippen MR) is 138 cm³/mol. The predicted octanol–water partition coefficient (Wildman–Crippen LogP) is 3.83. The van der Waals surface area contributed by atoms with Crippen LogP contribution in [0.25, 0.3) is 38.8 Å². The second kappa shape index (κ2) is 8.77. The maximum absolute atomic E-state index is 14.8. The van der Waals surface area contributed by atoms with Crippen LogP contribution in [0.15, 0.2) is 65.6 Å². The summed E-state index contributed by atoms with van der Waals surface area (Å²) in [6.07, 6.45) is 1.61. The van der Waals surface area contributed by atoms with Gasteiger partial charge < -0.3 is 14.6 Å². The molecule has 0 atom stereocenters. The topological polar surface area (TPSA) is 108 Å². The second-order valence-corrected chi connectivity index (χ2v) is 9.48. The third kappa shape index (κ3) is 3.64. The van der Waals surface area contributed by atoms with Crippen molar-refractivity contribution in [3.05, 3.63) is 82.8 Å². The Kier molecular flexibility index (Phi) is 5.50. The van der Waals surface area contributed by atoms with E-state index in [0.717, 1.165) is 5.56 Å². The number of ether oxygens (including phenoxy) is 2. The minimum absolute atomic E-state index is 0.0313. The van der Waals surface area contributed by atoms with Crippen LogP contribution in [0.3, 0.4) is 0 Å². The van der Waals surface area contributed by atoms with Gasteiger partial charge in [-0.1, -0.05) is 18.2 Å². The van der Waals surface area contributed by atoms with Gasteiger partial charge in [-0.2, -0.15) is 9.37 Å². The molecule has 6 rings (SSSR count). The highest BCUT2D eigenvalue weighted by Crippen LogP contribution is 2.37. The van der Waals surface area contributed by atoms with Crippen molar-refractivity contribution in [2.24, 2.45) is 7.05 Å². The number of halogens is 1. The van der Waals surface area contributed by atoms with Gasteiger partial charge in [0.05, 0.1) is 60.6 Å². The molecule has 0 amide bonds. The van der Waals surface area contributed by atoms with Crippen LogP contribution in [0.5, 0.6) is 5.88 Å². The highest BCUT2D eigenvalue weighted by Gasteiger charge is 2.42. The zero-order chi connectivity index (χ0) is 26.6. The Morgan fingerprint density at radius 3 is 2.55 bits per heavy atom. The van der Waals surface area contributed by atoms with Gasteiger partial charge in [-0.25, -0.2) is 4.79 Å². The average molecular weight is 515 g/mol. The van der Waals surface area contributed by atoms with Crippen molar-refractivity contribution in [2.45, 2.75) is 11.8 Å². The van der Waals surface area contributed by atoms with Gasteiger partial charge in [0.2, 0.25) is 11.8 Å². The number of carboxylic acid groups (broad SMARTS) is 1. The van der Waals surface area contributed by atoms with E-state index in [-0.39, 0.29) is 18.0 Å². The zero-order valence-corrected chi connectivity index (χ0v) is 20.6. The first kappa shape index (κ1) is 23.8. The highest BCUT2D eigenvalue weighted by atomic mass is 19.1. The van der Waals surface area contributed by atoms with Gasteiger partial charge in [-0.3, -0.25) is 18.9 Å². The Balaban J connectivity index is 1.52. The van der Waals surface area contributed by atoms with Crippen molar-refractivity contribution in [3.63, 3.8) is 0 Å².